The van der Waals surface area contributed by atoms with Crippen LogP contribution in [-0.2, 0) is 0 Å². The Bertz CT molecular complexity index is 446. The van der Waals surface area contributed by atoms with Crippen LogP contribution in [0.5, 0.6) is 0 Å². The highest BCUT2D eigenvalue weighted by Gasteiger charge is 2.36. The highest BCUT2D eigenvalue weighted by Crippen LogP contribution is 2.39. The van der Waals surface area contributed by atoms with Gasteiger partial charge in [-0.15, -0.1) is 0 Å². The average Bonchev–Trinajstić information content (AvgIpc) is 2.50. The lowest BCUT2D eigenvalue weighted by atomic mass is 9.70. The molecule has 1 fully saturated rings. The molecular weight excluding hydrogens is 248 g/mol. The van der Waals surface area contributed by atoms with E-state index < -0.39 is 0 Å². The molecule has 1 aromatic rings. The van der Waals surface area contributed by atoms with Crippen LogP contribution in [-0.4, -0.2) is 17.8 Å². The van der Waals surface area contributed by atoms with Crippen molar-refractivity contribution in [3.05, 3.63) is 35.9 Å². The Morgan fingerprint density at radius 1 is 1.25 bits per heavy atom. The summed E-state index contributed by atoms with van der Waals surface area (Å²) >= 11 is 0. The standard InChI is InChI=1S/C17H24N2O/c1-17(10-6-3-7-11-17)16(12-18)19-15(13-20)14-8-4-2-5-9-14/h2,4-5,8-9,15-16,19-20H,3,6-7,10-11,13H2,1H3/t15-,16-/m0/s1. The molecule has 0 spiro atoms. The predicted molar refractivity (Wildman–Crippen MR) is 80.0 cm³/mol. The van der Waals surface area contributed by atoms with Gasteiger partial charge < -0.3 is 5.11 Å². The quantitative estimate of drug-likeness (QED) is 0.865. The molecule has 3 nitrogen and oxygen atoms in total. The van der Waals surface area contributed by atoms with Crippen LogP contribution in [0.3, 0.4) is 0 Å². The Kier molecular flexibility index (Phi) is 5.17. The first kappa shape index (κ1) is 15.0. The molecule has 1 aromatic carbocycles. The fourth-order valence-corrected chi connectivity index (χ4v) is 3.18. The van der Waals surface area contributed by atoms with Crippen molar-refractivity contribution < 1.29 is 5.11 Å². The van der Waals surface area contributed by atoms with Crippen molar-refractivity contribution in [2.24, 2.45) is 5.41 Å². The summed E-state index contributed by atoms with van der Waals surface area (Å²) in [6.07, 6.45) is 5.85. The Morgan fingerprint density at radius 3 is 2.45 bits per heavy atom. The first-order valence-electron chi connectivity index (χ1n) is 7.51. The lowest BCUT2D eigenvalue weighted by Crippen LogP contribution is -2.46. The van der Waals surface area contributed by atoms with Gasteiger partial charge in [-0.1, -0.05) is 56.5 Å². The van der Waals surface area contributed by atoms with Crippen molar-refractivity contribution in [2.75, 3.05) is 6.61 Å². The Labute approximate surface area is 121 Å². The van der Waals surface area contributed by atoms with E-state index in [4.69, 9.17) is 0 Å². The highest BCUT2D eigenvalue weighted by atomic mass is 16.3. The van der Waals surface area contributed by atoms with Crippen LogP contribution in [0, 0.1) is 16.7 Å². The molecule has 0 saturated heterocycles. The van der Waals surface area contributed by atoms with Gasteiger partial charge in [0.05, 0.1) is 18.7 Å². The van der Waals surface area contributed by atoms with Crippen molar-refractivity contribution >= 4 is 0 Å². The molecule has 2 rings (SSSR count). The fraction of sp³-hybridized carbons (Fsp3) is 0.588. The molecule has 1 aliphatic rings. The zero-order valence-corrected chi connectivity index (χ0v) is 12.2. The first-order valence-corrected chi connectivity index (χ1v) is 7.51. The minimum absolute atomic E-state index is 0.0122. The van der Waals surface area contributed by atoms with Crippen molar-refractivity contribution in [1.29, 1.82) is 5.26 Å². The smallest absolute Gasteiger partial charge is 0.101 e. The van der Waals surface area contributed by atoms with Crippen molar-refractivity contribution in [2.45, 2.75) is 51.1 Å². The zero-order chi connectivity index (χ0) is 14.4. The van der Waals surface area contributed by atoms with Crippen LogP contribution < -0.4 is 5.32 Å². The molecule has 20 heavy (non-hydrogen) atoms. The van der Waals surface area contributed by atoms with Crippen molar-refractivity contribution in [3.63, 3.8) is 0 Å². The molecular formula is C17H24N2O. The summed E-state index contributed by atoms with van der Waals surface area (Å²) in [5.41, 5.74) is 1.06. The number of aliphatic hydroxyl groups is 1. The van der Waals surface area contributed by atoms with E-state index in [2.05, 4.69) is 18.3 Å². The monoisotopic (exact) mass is 272 g/mol. The Hall–Kier alpha value is -1.37. The van der Waals surface area contributed by atoms with Gasteiger partial charge in [0.25, 0.3) is 0 Å². The third-order valence-corrected chi connectivity index (χ3v) is 4.57. The molecule has 108 valence electrons. The minimum Gasteiger partial charge on any atom is -0.394 e. The van der Waals surface area contributed by atoms with E-state index >= 15 is 0 Å². The number of rotatable bonds is 5. The summed E-state index contributed by atoms with van der Waals surface area (Å²) in [4.78, 5) is 0. The summed E-state index contributed by atoms with van der Waals surface area (Å²) < 4.78 is 0. The second-order valence-electron chi connectivity index (χ2n) is 6.09. The third-order valence-electron chi connectivity index (χ3n) is 4.57. The summed E-state index contributed by atoms with van der Waals surface area (Å²) in [6, 6.07) is 11.9. The van der Waals surface area contributed by atoms with E-state index in [1.807, 2.05) is 30.3 Å². The summed E-state index contributed by atoms with van der Waals surface area (Å²) in [6.45, 7) is 2.21. The van der Waals surface area contributed by atoms with Crippen LogP contribution >= 0.6 is 0 Å². The number of nitrogens with zero attached hydrogens (tertiary/aromatic N) is 1. The number of benzene rings is 1. The van der Waals surface area contributed by atoms with E-state index in [0.29, 0.717) is 0 Å². The Balaban J connectivity index is 2.10. The lowest BCUT2D eigenvalue weighted by Gasteiger charge is -2.39. The largest absolute Gasteiger partial charge is 0.394 e. The zero-order valence-electron chi connectivity index (χ0n) is 12.2. The normalized spacial score (nSPS) is 20.9. The fourth-order valence-electron chi connectivity index (χ4n) is 3.18. The number of hydrogen-bond acceptors (Lipinski definition) is 3. The van der Waals surface area contributed by atoms with Crippen LogP contribution in [0.15, 0.2) is 30.3 Å². The van der Waals surface area contributed by atoms with Gasteiger partial charge in [0, 0.05) is 0 Å². The second-order valence-corrected chi connectivity index (χ2v) is 6.09. The Morgan fingerprint density at radius 2 is 1.90 bits per heavy atom. The van der Waals surface area contributed by atoms with Crippen LogP contribution in [0.2, 0.25) is 0 Å². The van der Waals surface area contributed by atoms with Gasteiger partial charge in [-0.25, -0.2) is 0 Å². The molecule has 0 aromatic heterocycles. The molecule has 3 heteroatoms. The van der Waals surface area contributed by atoms with Gasteiger partial charge in [-0.05, 0) is 23.8 Å². The number of hydrogen-bond donors (Lipinski definition) is 2. The third kappa shape index (κ3) is 3.39. The molecule has 2 atom stereocenters. The first-order chi connectivity index (χ1) is 9.69. The van der Waals surface area contributed by atoms with Gasteiger partial charge in [0.1, 0.15) is 6.04 Å². The molecule has 0 bridgehead atoms. The van der Waals surface area contributed by atoms with E-state index in [1.165, 1.54) is 19.3 Å². The van der Waals surface area contributed by atoms with Gasteiger partial charge in [0.2, 0.25) is 0 Å². The molecule has 0 unspecified atom stereocenters. The van der Waals surface area contributed by atoms with Crippen LogP contribution in [0.25, 0.3) is 0 Å². The average molecular weight is 272 g/mol. The second kappa shape index (κ2) is 6.88. The summed E-state index contributed by atoms with van der Waals surface area (Å²) in [5, 5.41) is 22.5. The molecule has 0 amide bonds. The number of nitriles is 1. The number of nitrogens with one attached hydrogen (secondary N) is 1. The molecule has 1 aliphatic carbocycles. The highest BCUT2D eigenvalue weighted by molar-refractivity contribution is 5.20. The maximum absolute atomic E-state index is 9.63. The number of aliphatic hydroxyl groups excluding tert-OH is 1. The van der Waals surface area contributed by atoms with Crippen LogP contribution in [0.4, 0.5) is 0 Å². The van der Waals surface area contributed by atoms with Gasteiger partial charge in [-0.3, -0.25) is 5.32 Å². The molecule has 2 N–H and O–H groups in total. The van der Waals surface area contributed by atoms with E-state index in [1.54, 1.807) is 0 Å². The van der Waals surface area contributed by atoms with E-state index in [-0.39, 0.29) is 24.1 Å². The van der Waals surface area contributed by atoms with Gasteiger partial charge in [-0.2, -0.15) is 5.26 Å². The maximum Gasteiger partial charge on any atom is 0.101 e. The van der Waals surface area contributed by atoms with Crippen molar-refractivity contribution in [1.82, 2.24) is 5.32 Å². The van der Waals surface area contributed by atoms with Crippen LogP contribution in [0.1, 0.15) is 50.6 Å². The summed E-state index contributed by atoms with van der Waals surface area (Å²) in [7, 11) is 0. The van der Waals surface area contributed by atoms with Gasteiger partial charge >= 0.3 is 0 Å². The lowest BCUT2D eigenvalue weighted by molar-refractivity contribution is 0.148. The van der Waals surface area contributed by atoms with E-state index in [9.17, 15) is 10.4 Å². The summed E-state index contributed by atoms with van der Waals surface area (Å²) in [5.74, 6) is 0. The SMILES string of the molecule is CC1([C@H](C#N)N[C@@H](CO)c2ccccc2)CCCCC1. The molecule has 0 heterocycles. The topological polar surface area (TPSA) is 56.0 Å². The van der Waals surface area contributed by atoms with E-state index in [0.717, 1.165) is 18.4 Å². The van der Waals surface area contributed by atoms with Crippen molar-refractivity contribution in [3.8, 4) is 6.07 Å². The molecule has 1 saturated carbocycles. The molecule has 0 radical (unpaired) electrons. The maximum atomic E-state index is 9.63. The van der Waals surface area contributed by atoms with Gasteiger partial charge in [0.15, 0.2) is 0 Å². The molecule has 0 aliphatic heterocycles. The predicted octanol–water partition coefficient (Wildman–Crippen LogP) is 3.17. The minimum atomic E-state index is -0.208.